The maximum Gasteiger partial charge on any atom is 0.251 e. The van der Waals surface area contributed by atoms with Crippen molar-refractivity contribution in [3.05, 3.63) is 88.9 Å². The van der Waals surface area contributed by atoms with E-state index in [2.05, 4.69) is 10.0 Å². The Balaban J connectivity index is 1.74. The Morgan fingerprint density at radius 1 is 1.07 bits per heavy atom. The maximum absolute atomic E-state index is 12.7. The van der Waals surface area contributed by atoms with Crippen LogP contribution in [0, 0.1) is 13.8 Å². The van der Waals surface area contributed by atoms with Crippen LogP contribution in [0.25, 0.3) is 0 Å². The van der Waals surface area contributed by atoms with Crippen molar-refractivity contribution in [2.24, 2.45) is 0 Å². The zero-order valence-corrected chi connectivity index (χ0v) is 17.4. The molecule has 3 rings (SSSR count). The van der Waals surface area contributed by atoms with Gasteiger partial charge in [0.25, 0.3) is 5.91 Å². The van der Waals surface area contributed by atoms with Gasteiger partial charge in [0.15, 0.2) is 0 Å². The van der Waals surface area contributed by atoms with Crippen LogP contribution >= 0.6 is 0 Å². The van der Waals surface area contributed by atoms with Gasteiger partial charge in [-0.25, -0.2) is 13.1 Å². The third-order valence-corrected chi connectivity index (χ3v) is 6.07. The first-order valence-electron chi connectivity index (χ1n) is 9.26. The van der Waals surface area contributed by atoms with Gasteiger partial charge < -0.3 is 9.73 Å². The largest absolute Gasteiger partial charge is 0.468 e. The second-order valence-corrected chi connectivity index (χ2v) is 8.75. The molecule has 0 fully saturated rings. The van der Waals surface area contributed by atoms with E-state index in [1.165, 1.54) is 18.4 Å². The number of nitrogens with one attached hydrogen (secondary N) is 2. The number of amides is 1. The zero-order valence-electron chi connectivity index (χ0n) is 16.6. The summed E-state index contributed by atoms with van der Waals surface area (Å²) in [6, 6.07) is 15.2. The number of hydrogen-bond donors (Lipinski definition) is 2. The minimum Gasteiger partial charge on any atom is -0.468 e. The summed E-state index contributed by atoms with van der Waals surface area (Å²) in [5, 5.41) is 2.94. The second kappa shape index (κ2) is 8.63. The first-order chi connectivity index (χ1) is 13.8. The average Bonchev–Trinajstić information content (AvgIpc) is 3.22. The summed E-state index contributed by atoms with van der Waals surface area (Å²) in [6.07, 6.45) is 1.48. The lowest BCUT2D eigenvalue weighted by Gasteiger charge is -2.17. The minimum absolute atomic E-state index is 0.0242. The van der Waals surface area contributed by atoms with Crippen molar-refractivity contribution in [2.75, 3.05) is 0 Å². The Labute approximate surface area is 171 Å². The quantitative estimate of drug-likeness (QED) is 0.617. The van der Waals surface area contributed by atoms with E-state index < -0.39 is 10.0 Å². The molecule has 0 aliphatic heterocycles. The predicted molar refractivity (Wildman–Crippen MR) is 111 cm³/mol. The van der Waals surface area contributed by atoms with Gasteiger partial charge in [-0.2, -0.15) is 0 Å². The molecule has 0 radical (unpaired) electrons. The molecule has 1 atom stereocenters. The highest BCUT2D eigenvalue weighted by atomic mass is 32.2. The molecule has 152 valence electrons. The van der Waals surface area contributed by atoms with Crippen LogP contribution in [0.2, 0.25) is 0 Å². The third kappa shape index (κ3) is 5.13. The van der Waals surface area contributed by atoms with Gasteiger partial charge in [0.2, 0.25) is 10.0 Å². The molecule has 7 heteroatoms. The number of carbonyl (C=O) groups excluding carboxylic acids is 1. The molecule has 6 nitrogen and oxygen atoms in total. The van der Waals surface area contributed by atoms with Crippen molar-refractivity contribution in [3.63, 3.8) is 0 Å². The number of hydrogen-bond acceptors (Lipinski definition) is 4. The summed E-state index contributed by atoms with van der Waals surface area (Å²) >= 11 is 0. The molecule has 1 heterocycles. The molecule has 29 heavy (non-hydrogen) atoms. The van der Waals surface area contributed by atoms with E-state index in [0.29, 0.717) is 5.76 Å². The number of carbonyl (C=O) groups is 1. The fourth-order valence-electron chi connectivity index (χ4n) is 3.05. The number of rotatable bonds is 7. The highest BCUT2D eigenvalue weighted by Gasteiger charge is 2.18. The summed E-state index contributed by atoms with van der Waals surface area (Å²) in [7, 11) is -3.78. The van der Waals surface area contributed by atoms with Crippen LogP contribution in [-0.4, -0.2) is 14.3 Å². The van der Waals surface area contributed by atoms with Crippen molar-refractivity contribution in [1.29, 1.82) is 0 Å². The van der Waals surface area contributed by atoms with E-state index in [1.807, 2.05) is 39.0 Å². The number of benzene rings is 2. The van der Waals surface area contributed by atoms with Crippen LogP contribution < -0.4 is 10.0 Å². The smallest absolute Gasteiger partial charge is 0.251 e. The van der Waals surface area contributed by atoms with Crippen molar-refractivity contribution in [2.45, 2.75) is 38.3 Å². The Hall–Kier alpha value is -2.90. The fourth-order valence-corrected chi connectivity index (χ4v) is 4.09. The first-order valence-corrected chi connectivity index (χ1v) is 10.7. The van der Waals surface area contributed by atoms with Gasteiger partial charge in [0.05, 0.1) is 23.7 Å². The van der Waals surface area contributed by atoms with Crippen molar-refractivity contribution in [3.8, 4) is 0 Å². The monoisotopic (exact) mass is 412 g/mol. The molecule has 0 bridgehead atoms. The SMILES string of the molecule is Cc1ccc(C)c(C(C)NC(=O)c2cccc(S(=O)(=O)NCc3ccco3)c2)c1. The normalized spacial score (nSPS) is 12.5. The van der Waals surface area contributed by atoms with Crippen LogP contribution in [0.1, 0.15) is 45.8 Å². The lowest BCUT2D eigenvalue weighted by atomic mass is 10.00. The van der Waals surface area contributed by atoms with Crippen LogP contribution in [0.15, 0.2) is 70.2 Å². The van der Waals surface area contributed by atoms with Gasteiger partial charge in [-0.15, -0.1) is 0 Å². The zero-order chi connectivity index (χ0) is 21.0. The van der Waals surface area contributed by atoms with Crippen molar-refractivity contribution >= 4 is 15.9 Å². The number of furan rings is 1. The summed E-state index contributed by atoms with van der Waals surface area (Å²) < 4.78 is 32.7. The lowest BCUT2D eigenvalue weighted by Crippen LogP contribution is -2.28. The molecule has 1 amide bonds. The van der Waals surface area contributed by atoms with Gasteiger partial charge in [-0.1, -0.05) is 29.8 Å². The Bertz CT molecular complexity index is 1110. The summed E-state index contributed by atoms with van der Waals surface area (Å²) in [5.41, 5.74) is 3.51. The second-order valence-electron chi connectivity index (χ2n) is 6.99. The standard InChI is InChI=1S/C22H24N2O4S/c1-15-9-10-16(2)21(12-15)17(3)24-22(25)18-6-4-8-20(13-18)29(26,27)23-14-19-7-5-11-28-19/h4-13,17,23H,14H2,1-3H3,(H,24,25). The molecule has 0 aliphatic rings. The summed E-state index contributed by atoms with van der Waals surface area (Å²) in [5.74, 6) is 0.173. The highest BCUT2D eigenvalue weighted by molar-refractivity contribution is 7.89. The van der Waals surface area contributed by atoms with Crippen LogP contribution in [0.4, 0.5) is 0 Å². The molecule has 0 aliphatic carbocycles. The third-order valence-electron chi connectivity index (χ3n) is 4.67. The molecule has 2 N–H and O–H groups in total. The van der Waals surface area contributed by atoms with E-state index in [4.69, 9.17) is 4.42 Å². The minimum atomic E-state index is -3.78. The molecular formula is C22H24N2O4S. The Morgan fingerprint density at radius 3 is 2.59 bits per heavy atom. The Morgan fingerprint density at radius 2 is 1.86 bits per heavy atom. The van der Waals surface area contributed by atoms with Gasteiger partial charge in [-0.3, -0.25) is 4.79 Å². The topological polar surface area (TPSA) is 88.4 Å². The van der Waals surface area contributed by atoms with Gasteiger partial charge in [-0.05, 0) is 62.2 Å². The molecule has 0 spiro atoms. The molecule has 1 aromatic heterocycles. The van der Waals surface area contributed by atoms with E-state index in [9.17, 15) is 13.2 Å². The first kappa shape index (κ1) is 20.8. The summed E-state index contributed by atoms with van der Waals surface area (Å²) in [6.45, 7) is 5.94. The average molecular weight is 413 g/mol. The number of sulfonamides is 1. The van der Waals surface area contributed by atoms with E-state index in [0.717, 1.165) is 16.7 Å². The van der Waals surface area contributed by atoms with Gasteiger partial charge >= 0.3 is 0 Å². The number of aryl methyl sites for hydroxylation is 2. The molecule has 3 aromatic rings. The lowest BCUT2D eigenvalue weighted by molar-refractivity contribution is 0.0939. The Kier molecular flexibility index (Phi) is 6.20. The highest BCUT2D eigenvalue weighted by Crippen LogP contribution is 2.20. The summed E-state index contributed by atoms with van der Waals surface area (Å²) in [4.78, 5) is 12.7. The molecule has 0 saturated heterocycles. The molecule has 0 saturated carbocycles. The van der Waals surface area contributed by atoms with Crippen LogP contribution in [0.5, 0.6) is 0 Å². The van der Waals surface area contributed by atoms with Crippen LogP contribution in [0.3, 0.4) is 0 Å². The molecular weight excluding hydrogens is 388 g/mol. The van der Waals surface area contributed by atoms with Crippen molar-refractivity contribution < 1.29 is 17.6 Å². The molecule has 1 unspecified atom stereocenters. The van der Waals surface area contributed by atoms with Gasteiger partial charge in [0.1, 0.15) is 5.76 Å². The predicted octanol–water partition coefficient (Wildman–Crippen LogP) is 3.87. The fraction of sp³-hybridized carbons (Fsp3) is 0.227. The van der Waals surface area contributed by atoms with E-state index in [-0.39, 0.29) is 29.0 Å². The van der Waals surface area contributed by atoms with Crippen LogP contribution in [-0.2, 0) is 16.6 Å². The maximum atomic E-state index is 12.7. The van der Waals surface area contributed by atoms with Gasteiger partial charge in [0, 0.05) is 5.56 Å². The van der Waals surface area contributed by atoms with E-state index >= 15 is 0 Å². The van der Waals surface area contributed by atoms with Crippen molar-refractivity contribution in [1.82, 2.24) is 10.0 Å². The van der Waals surface area contributed by atoms with E-state index in [1.54, 1.807) is 24.3 Å². The molecule has 2 aromatic carbocycles.